The summed E-state index contributed by atoms with van der Waals surface area (Å²) in [4.78, 5) is 3.83. The van der Waals surface area contributed by atoms with Crippen molar-refractivity contribution >= 4 is 15.9 Å². The third kappa shape index (κ3) is 2.34. The van der Waals surface area contributed by atoms with Crippen LogP contribution in [0.15, 0.2) is 21.1 Å². The molecule has 1 atom stereocenters. The SMILES string of the molecule is CC(N)c1noc(-c2c(F)cc(Br)cc2F)n1. The van der Waals surface area contributed by atoms with Crippen molar-refractivity contribution in [2.24, 2.45) is 5.73 Å². The molecule has 17 heavy (non-hydrogen) atoms. The maximum absolute atomic E-state index is 13.6. The Morgan fingerprint density at radius 2 is 1.94 bits per heavy atom. The van der Waals surface area contributed by atoms with Crippen LogP contribution in [-0.4, -0.2) is 10.1 Å². The second kappa shape index (κ2) is 4.50. The molecular weight excluding hydrogens is 296 g/mol. The van der Waals surface area contributed by atoms with Crippen molar-refractivity contribution in [1.82, 2.24) is 10.1 Å². The van der Waals surface area contributed by atoms with Gasteiger partial charge in [0.25, 0.3) is 5.89 Å². The molecule has 0 aliphatic carbocycles. The van der Waals surface area contributed by atoms with E-state index in [1.165, 1.54) is 0 Å². The largest absolute Gasteiger partial charge is 0.334 e. The fourth-order valence-electron chi connectivity index (χ4n) is 1.27. The van der Waals surface area contributed by atoms with E-state index in [0.717, 1.165) is 12.1 Å². The first-order valence-corrected chi connectivity index (χ1v) is 5.52. The number of benzene rings is 1. The third-order valence-electron chi connectivity index (χ3n) is 2.07. The highest BCUT2D eigenvalue weighted by atomic mass is 79.9. The van der Waals surface area contributed by atoms with Gasteiger partial charge < -0.3 is 10.3 Å². The van der Waals surface area contributed by atoms with E-state index in [9.17, 15) is 8.78 Å². The van der Waals surface area contributed by atoms with E-state index in [4.69, 9.17) is 10.3 Å². The molecule has 0 saturated carbocycles. The van der Waals surface area contributed by atoms with Gasteiger partial charge in [0.2, 0.25) is 0 Å². The van der Waals surface area contributed by atoms with Gasteiger partial charge in [-0.2, -0.15) is 4.98 Å². The van der Waals surface area contributed by atoms with Crippen molar-refractivity contribution < 1.29 is 13.3 Å². The zero-order valence-corrected chi connectivity index (χ0v) is 10.3. The van der Waals surface area contributed by atoms with Crippen LogP contribution < -0.4 is 5.73 Å². The summed E-state index contributed by atoms with van der Waals surface area (Å²) in [6.07, 6.45) is 0. The predicted molar refractivity (Wildman–Crippen MR) is 60.0 cm³/mol. The molecule has 90 valence electrons. The topological polar surface area (TPSA) is 64.9 Å². The van der Waals surface area contributed by atoms with Crippen molar-refractivity contribution in [2.75, 3.05) is 0 Å². The standard InChI is InChI=1S/C10H8BrF2N3O/c1-4(14)9-15-10(17-16-9)8-6(12)2-5(11)3-7(8)13/h2-4H,14H2,1H3. The second-order valence-corrected chi connectivity index (χ2v) is 4.41. The van der Waals surface area contributed by atoms with E-state index >= 15 is 0 Å². The summed E-state index contributed by atoms with van der Waals surface area (Å²) in [7, 11) is 0. The molecule has 4 nitrogen and oxygen atoms in total. The summed E-state index contributed by atoms with van der Waals surface area (Å²) < 4.78 is 32.2. The maximum atomic E-state index is 13.6. The molecule has 0 aliphatic heterocycles. The minimum atomic E-state index is -0.781. The van der Waals surface area contributed by atoms with Gasteiger partial charge in [0.15, 0.2) is 5.82 Å². The van der Waals surface area contributed by atoms with Crippen LogP contribution in [0.25, 0.3) is 11.5 Å². The van der Waals surface area contributed by atoms with Crippen LogP contribution in [0.1, 0.15) is 18.8 Å². The maximum Gasteiger partial charge on any atom is 0.263 e. The Hall–Kier alpha value is -1.34. The summed E-state index contributed by atoms with van der Waals surface area (Å²) in [6.45, 7) is 1.64. The van der Waals surface area contributed by atoms with Crippen molar-refractivity contribution in [2.45, 2.75) is 13.0 Å². The van der Waals surface area contributed by atoms with E-state index < -0.39 is 17.7 Å². The first-order chi connectivity index (χ1) is 7.99. The molecule has 0 amide bonds. The van der Waals surface area contributed by atoms with Crippen LogP contribution in [0, 0.1) is 11.6 Å². The summed E-state index contributed by atoms with van der Waals surface area (Å²) in [5, 5.41) is 3.54. The molecule has 2 N–H and O–H groups in total. The summed E-state index contributed by atoms with van der Waals surface area (Å²) in [5.74, 6) is -1.59. The Bertz CT molecular complexity index is 533. The summed E-state index contributed by atoms with van der Waals surface area (Å²) in [5.41, 5.74) is 5.17. The molecule has 0 aliphatic rings. The van der Waals surface area contributed by atoms with Gasteiger partial charge >= 0.3 is 0 Å². The van der Waals surface area contributed by atoms with Crippen LogP contribution >= 0.6 is 15.9 Å². The van der Waals surface area contributed by atoms with E-state index in [-0.39, 0.29) is 17.3 Å². The average Bonchev–Trinajstić information content (AvgIpc) is 2.65. The molecule has 1 aromatic heterocycles. The van der Waals surface area contributed by atoms with Crippen molar-refractivity contribution in [1.29, 1.82) is 0 Å². The van der Waals surface area contributed by atoms with Gasteiger partial charge in [-0.25, -0.2) is 8.78 Å². The Morgan fingerprint density at radius 3 is 2.41 bits per heavy atom. The fraction of sp³-hybridized carbons (Fsp3) is 0.200. The fourth-order valence-corrected chi connectivity index (χ4v) is 1.67. The monoisotopic (exact) mass is 303 g/mol. The number of aromatic nitrogens is 2. The molecule has 0 radical (unpaired) electrons. The minimum Gasteiger partial charge on any atom is -0.334 e. The van der Waals surface area contributed by atoms with E-state index in [0.29, 0.717) is 4.47 Å². The molecule has 0 saturated heterocycles. The molecule has 1 unspecified atom stereocenters. The highest BCUT2D eigenvalue weighted by Crippen LogP contribution is 2.28. The number of halogens is 3. The lowest BCUT2D eigenvalue weighted by Crippen LogP contribution is -2.06. The predicted octanol–water partition coefficient (Wildman–Crippen LogP) is 2.80. The highest BCUT2D eigenvalue weighted by Gasteiger charge is 2.20. The number of hydrogen-bond donors (Lipinski definition) is 1. The first-order valence-electron chi connectivity index (χ1n) is 4.73. The van der Waals surface area contributed by atoms with Crippen molar-refractivity contribution in [3.05, 3.63) is 34.1 Å². The summed E-state index contributed by atoms with van der Waals surface area (Å²) in [6, 6.07) is 1.77. The summed E-state index contributed by atoms with van der Waals surface area (Å²) >= 11 is 2.98. The Morgan fingerprint density at radius 1 is 1.35 bits per heavy atom. The Balaban J connectivity index is 2.52. The molecule has 2 aromatic rings. The zero-order chi connectivity index (χ0) is 12.6. The number of rotatable bonds is 2. The van der Waals surface area contributed by atoms with E-state index in [2.05, 4.69) is 26.1 Å². The van der Waals surface area contributed by atoms with Crippen LogP contribution in [-0.2, 0) is 0 Å². The Kier molecular flexibility index (Phi) is 3.21. The molecule has 0 fully saturated rings. The van der Waals surface area contributed by atoms with Gasteiger partial charge in [-0.1, -0.05) is 21.1 Å². The number of hydrogen-bond acceptors (Lipinski definition) is 4. The number of nitrogens with two attached hydrogens (primary N) is 1. The first kappa shape index (κ1) is 12.1. The molecule has 1 aromatic carbocycles. The van der Waals surface area contributed by atoms with Gasteiger partial charge in [0.05, 0.1) is 6.04 Å². The van der Waals surface area contributed by atoms with Gasteiger partial charge in [-0.05, 0) is 19.1 Å². The zero-order valence-electron chi connectivity index (χ0n) is 8.75. The lowest BCUT2D eigenvalue weighted by atomic mass is 10.2. The molecule has 1 heterocycles. The molecule has 0 bridgehead atoms. The normalized spacial score (nSPS) is 12.8. The van der Waals surface area contributed by atoms with Gasteiger partial charge in [0.1, 0.15) is 17.2 Å². The van der Waals surface area contributed by atoms with Crippen LogP contribution in [0.5, 0.6) is 0 Å². The molecule has 7 heteroatoms. The average molecular weight is 304 g/mol. The molecular formula is C10H8BrF2N3O. The van der Waals surface area contributed by atoms with Gasteiger partial charge in [-0.3, -0.25) is 0 Å². The smallest absolute Gasteiger partial charge is 0.263 e. The van der Waals surface area contributed by atoms with Crippen molar-refractivity contribution in [3.8, 4) is 11.5 Å². The van der Waals surface area contributed by atoms with Gasteiger partial charge in [-0.15, -0.1) is 0 Å². The molecule has 0 spiro atoms. The minimum absolute atomic E-state index is 0.196. The molecule has 2 rings (SSSR count). The van der Waals surface area contributed by atoms with Crippen LogP contribution in [0.3, 0.4) is 0 Å². The Labute approximate surface area is 104 Å². The second-order valence-electron chi connectivity index (χ2n) is 3.49. The third-order valence-corrected chi connectivity index (χ3v) is 2.53. The number of nitrogens with zero attached hydrogens (tertiary/aromatic N) is 2. The highest BCUT2D eigenvalue weighted by molar-refractivity contribution is 9.10. The van der Waals surface area contributed by atoms with E-state index in [1.54, 1.807) is 6.92 Å². The van der Waals surface area contributed by atoms with E-state index in [1.807, 2.05) is 0 Å². The lowest BCUT2D eigenvalue weighted by molar-refractivity contribution is 0.413. The quantitative estimate of drug-likeness (QED) is 0.926. The van der Waals surface area contributed by atoms with Crippen LogP contribution in [0.2, 0.25) is 0 Å². The lowest BCUT2D eigenvalue weighted by Gasteiger charge is -2.00. The van der Waals surface area contributed by atoms with Gasteiger partial charge in [0, 0.05) is 4.47 Å². The van der Waals surface area contributed by atoms with Crippen molar-refractivity contribution in [3.63, 3.8) is 0 Å². The van der Waals surface area contributed by atoms with Crippen LogP contribution in [0.4, 0.5) is 8.78 Å².